The maximum atomic E-state index is 12.3. The summed E-state index contributed by atoms with van der Waals surface area (Å²) < 4.78 is 0. The van der Waals surface area contributed by atoms with Crippen molar-refractivity contribution in [1.82, 2.24) is 5.43 Å². The Bertz CT molecular complexity index is 764. The van der Waals surface area contributed by atoms with Crippen molar-refractivity contribution in [3.8, 4) is 0 Å². The molecule has 124 valence electrons. The number of hydrogen-bond donors (Lipinski definition) is 2. The lowest BCUT2D eigenvalue weighted by Gasteiger charge is -2.08. The second-order valence-corrected chi connectivity index (χ2v) is 5.49. The number of nitrogens with one attached hydrogen (secondary N) is 2. The summed E-state index contributed by atoms with van der Waals surface area (Å²) in [5.41, 5.74) is 6.01. The van der Waals surface area contributed by atoms with Gasteiger partial charge in [0.1, 0.15) is 0 Å². The van der Waals surface area contributed by atoms with Crippen LogP contribution in [0.4, 0.5) is 5.69 Å². The highest BCUT2D eigenvalue weighted by Gasteiger charge is 2.09. The van der Waals surface area contributed by atoms with Crippen molar-refractivity contribution in [2.24, 2.45) is 5.10 Å². The van der Waals surface area contributed by atoms with Crippen molar-refractivity contribution in [3.63, 3.8) is 0 Å². The Kier molecular flexibility index (Phi) is 5.84. The molecule has 0 aliphatic rings. The fraction of sp³-hybridized carbons (Fsp3) is 0.211. The summed E-state index contributed by atoms with van der Waals surface area (Å²) in [6, 6.07) is 14.1. The van der Waals surface area contributed by atoms with Gasteiger partial charge in [0.2, 0.25) is 0 Å². The molecule has 0 aliphatic carbocycles. The molecule has 2 N–H and O–H groups in total. The van der Waals surface area contributed by atoms with E-state index in [4.69, 9.17) is 0 Å². The van der Waals surface area contributed by atoms with E-state index in [1.165, 1.54) is 0 Å². The number of rotatable bonds is 5. The molecular weight excluding hydrogens is 302 g/mol. The Morgan fingerprint density at radius 2 is 1.67 bits per heavy atom. The first-order valence-electron chi connectivity index (χ1n) is 7.81. The number of amides is 2. The number of aryl methyl sites for hydroxylation is 1. The third kappa shape index (κ3) is 4.52. The van der Waals surface area contributed by atoms with E-state index in [-0.39, 0.29) is 11.8 Å². The minimum atomic E-state index is -0.278. The van der Waals surface area contributed by atoms with Crippen molar-refractivity contribution in [2.75, 3.05) is 5.32 Å². The summed E-state index contributed by atoms with van der Waals surface area (Å²) in [5.74, 6) is -0.451. The molecule has 2 aromatic rings. The van der Waals surface area contributed by atoms with Crippen LogP contribution in [0.2, 0.25) is 0 Å². The summed E-state index contributed by atoms with van der Waals surface area (Å²) in [6.07, 6.45) is 0.782. The summed E-state index contributed by atoms with van der Waals surface area (Å²) >= 11 is 0. The van der Waals surface area contributed by atoms with Gasteiger partial charge in [-0.05, 0) is 56.2 Å². The highest BCUT2D eigenvalue weighted by molar-refractivity contribution is 6.05. The lowest BCUT2D eigenvalue weighted by Crippen LogP contribution is -2.19. The number of nitrogens with zero attached hydrogens (tertiary/aromatic N) is 1. The van der Waals surface area contributed by atoms with E-state index in [0.717, 1.165) is 17.7 Å². The first kappa shape index (κ1) is 17.4. The molecule has 0 unspecified atom stereocenters. The van der Waals surface area contributed by atoms with Crippen molar-refractivity contribution in [3.05, 3.63) is 65.2 Å². The van der Waals surface area contributed by atoms with Crippen LogP contribution in [-0.2, 0) is 0 Å². The third-order valence-corrected chi connectivity index (χ3v) is 3.65. The lowest BCUT2D eigenvalue weighted by atomic mass is 10.1. The second-order valence-electron chi connectivity index (χ2n) is 5.49. The molecule has 2 aromatic carbocycles. The summed E-state index contributed by atoms with van der Waals surface area (Å²) in [4.78, 5) is 24.2. The van der Waals surface area contributed by atoms with E-state index in [1.54, 1.807) is 30.3 Å². The van der Waals surface area contributed by atoms with Crippen molar-refractivity contribution < 1.29 is 9.59 Å². The van der Waals surface area contributed by atoms with E-state index in [9.17, 15) is 9.59 Å². The molecular formula is C19H21N3O2. The number of hydrogen-bond acceptors (Lipinski definition) is 3. The molecule has 5 nitrogen and oxygen atoms in total. The number of hydrazone groups is 1. The van der Waals surface area contributed by atoms with Gasteiger partial charge < -0.3 is 5.32 Å². The molecule has 0 saturated carbocycles. The molecule has 2 amide bonds. The second kappa shape index (κ2) is 8.06. The van der Waals surface area contributed by atoms with E-state index in [0.29, 0.717) is 16.8 Å². The molecule has 0 aliphatic heterocycles. The lowest BCUT2D eigenvalue weighted by molar-refractivity contribution is 0.0954. The average Bonchev–Trinajstić information content (AvgIpc) is 2.60. The van der Waals surface area contributed by atoms with Gasteiger partial charge in [0, 0.05) is 22.5 Å². The molecule has 24 heavy (non-hydrogen) atoms. The third-order valence-electron chi connectivity index (χ3n) is 3.65. The van der Waals surface area contributed by atoms with Crippen LogP contribution in [0.3, 0.4) is 0 Å². The van der Waals surface area contributed by atoms with Gasteiger partial charge in [-0.3, -0.25) is 9.59 Å². The monoisotopic (exact) mass is 323 g/mol. The Morgan fingerprint density at radius 1 is 1.00 bits per heavy atom. The van der Waals surface area contributed by atoms with Crippen LogP contribution in [-0.4, -0.2) is 17.5 Å². The highest BCUT2D eigenvalue weighted by atomic mass is 16.2. The molecule has 0 radical (unpaired) electrons. The Hall–Kier alpha value is -2.95. The van der Waals surface area contributed by atoms with Crippen LogP contribution in [0.25, 0.3) is 0 Å². The molecule has 2 rings (SSSR count). The maximum absolute atomic E-state index is 12.3. The summed E-state index contributed by atoms with van der Waals surface area (Å²) in [7, 11) is 0. The standard InChI is InChI=1S/C19H21N3O2/c1-4-14(3)21-22-18(23)15-9-11-16(12-10-15)20-19(24)17-8-6-5-7-13(17)2/h5-12H,4H2,1-3H3,(H,20,24)(H,22,23)/b21-14+. The molecule has 0 saturated heterocycles. The van der Waals surface area contributed by atoms with Gasteiger partial charge >= 0.3 is 0 Å². The average molecular weight is 323 g/mol. The fourth-order valence-corrected chi connectivity index (χ4v) is 2.02. The van der Waals surface area contributed by atoms with Crippen LogP contribution >= 0.6 is 0 Å². The van der Waals surface area contributed by atoms with Crippen LogP contribution < -0.4 is 10.7 Å². The zero-order valence-corrected chi connectivity index (χ0v) is 14.1. The van der Waals surface area contributed by atoms with Crippen LogP contribution in [0.5, 0.6) is 0 Å². The quantitative estimate of drug-likeness (QED) is 0.649. The van der Waals surface area contributed by atoms with E-state index in [1.807, 2.05) is 39.0 Å². The predicted molar refractivity (Wildman–Crippen MR) is 96.4 cm³/mol. The first-order chi connectivity index (χ1) is 11.5. The number of carbonyl (C=O) groups is 2. The van der Waals surface area contributed by atoms with Crippen LogP contribution in [0, 0.1) is 6.92 Å². The van der Waals surface area contributed by atoms with Gasteiger partial charge in [-0.15, -0.1) is 0 Å². The molecule has 5 heteroatoms. The minimum Gasteiger partial charge on any atom is -0.322 e. The molecule has 0 spiro atoms. The highest BCUT2D eigenvalue weighted by Crippen LogP contribution is 2.13. The Morgan fingerprint density at radius 3 is 2.29 bits per heavy atom. The van der Waals surface area contributed by atoms with Gasteiger partial charge in [0.25, 0.3) is 11.8 Å². The zero-order chi connectivity index (χ0) is 17.5. The van der Waals surface area contributed by atoms with Crippen LogP contribution in [0.1, 0.15) is 46.5 Å². The molecule has 0 atom stereocenters. The number of anilines is 1. The number of carbonyl (C=O) groups excluding carboxylic acids is 2. The van der Waals surface area contributed by atoms with E-state index in [2.05, 4.69) is 15.8 Å². The van der Waals surface area contributed by atoms with Gasteiger partial charge in [0.15, 0.2) is 0 Å². The van der Waals surface area contributed by atoms with Gasteiger partial charge in [-0.25, -0.2) is 5.43 Å². The molecule has 0 bridgehead atoms. The van der Waals surface area contributed by atoms with E-state index < -0.39 is 0 Å². The van der Waals surface area contributed by atoms with E-state index >= 15 is 0 Å². The minimum absolute atomic E-state index is 0.173. The van der Waals surface area contributed by atoms with Crippen molar-refractivity contribution in [1.29, 1.82) is 0 Å². The van der Waals surface area contributed by atoms with Gasteiger partial charge in [-0.2, -0.15) is 5.10 Å². The number of benzene rings is 2. The van der Waals surface area contributed by atoms with Crippen molar-refractivity contribution >= 4 is 23.2 Å². The van der Waals surface area contributed by atoms with Crippen LogP contribution in [0.15, 0.2) is 53.6 Å². The normalized spacial score (nSPS) is 11.0. The molecule has 0 heterocycles. The van der Waals surface area contributed by atoms with Gasteiger partial charge in [0.05, 0.1) is 0 Å². The smallest absolute Gasteiger partial charge is 0.271 e. The topological polar surface area (TPSA) is 70.6 Å². The molecule has 0 fully saturated rings. The predicted octanol–water partition coefficient (Wildman–Crippen LogP) is 3.76. The Labute approximate surface area is 141 Å². The fourth-order valence-electron chi connectivity index (χ4n) is 2.02. The zero-order valence-electron chi connectivity index (χ0n) is 14.1. The summed E-state index contributed by atoms with van der Waals surface area (Å²) in [6.45, 7) is 5.71. The Balaban J connectivity index is 2.03. The van der Waals surface area contributed by atoms with Gasteiger partial charge in [-0.1, -0.05) is 25.1 Å². The SMILES string of the molecule is CC/C(C)=N/NC(=O)c1ccc(NC(=O)c2ccccc2C)cc1. The largest absolute Gasteiger partial charge is 0.322 e. The first-order valence-corrected chi connectivity index (χ1v) is 7.81. The van der Waals surface area contributed by atoms with Crippen molar-refractivity contribution in [2.45, 2.75) is 27.2 Å². The maximum Gasteiger partial charge on any atom is 0.271 e. The summed E-state index contributed by atoms with van der Waals surface area (Å²) in [5, 5.41) is 6.81. The molecule has 0 aromatic heterocycles.